The average Bonchev–Trinajstić information content (AvgIpc) is 3.37. The normalized spacial score (nSPS) is 27.6. The van der Waals surface area contributed by atoms with Crippen LogP contribution in [0.1, 0.15) is 31.2 Å². The van der Waals surface area contributed by atoms with Crippen LogP contribution >= 0.6 is 0 Å². The van der Waals surface area contributed by atoms with Crippen molar-refractivity contribution in [2.24, 2.45) is 11.8 Å². The number of rotatable bonds is 5. The van der Waals surface area contributed by atoms with Gasteiger partial charge in [-0.1, -0.05) is 6.07 Å². The van der Waals surface area contributed by atoms with Crippen LogP contribution < -0.4 is 0 Å². The summed E-state index contributed by atoms with van der Waals surface area (Å²) in [6, 6.07) is 8.08. The maximum atomic E-state index is 13.4. The van der Waals surface area contributed by atoms with E-state index in [-0.39, 0.29) is 6.04 Å². The number of nitrogens with zero attached hydrogens (tertiary/aromatic N) is 4. The molecule has 28 heavy (non-hydrogen) atoms. The summed E-state index contributed by atoms with van der Waals surface area (Å²) in [5.74, 6) is 1.29. The van der Waals surface area contributed by atoms with Crippen LogP contribution in [0.5, 0.6) is 0 Å². The highest BCUT2D eigenvalue weighted by Gasteiger charge is 2.45. The fourth-order valence-corrected chi connectivity index (χ4v) is 6.67. The van der Waals surface area contributed by atoms with E-state index in [1.807, 2.05) is 31.3 Å². The highest BCUT2D eigenvalue weighted by atomic mass is 32.2. The minimum atomic E-state index is -3.55. The Labute approximate surface area is 168 Å². The number of benzene rings is 1. The fourth-order valence-electron chi connectivity index (χ4n) is 5.05. The predicted octanol–water partition coefficient (Wildman–Crippen LogP) is 2.92. The monoisotopic (exact) mass is 402 g/mol. The van der Waals surface area contributed by atoms with Crippen LogP contribution in [0.15, 0.2) is 41.6 Å². The van der Waals surface area contributed by atoms with Gasteiger partial charge in [0.15, 0.2) is 0 Å². The zero-order chi connectivity index (χ0) is 20.1. The number of aryl methyl sites for hydroxylation is 1. The third kappa shape index (κ3) is 3.40. The number of aromatic nitrogens is 2. The van der Waals surface area contributed by atoms with E-state index in [1.54, 1.807) is 28.3 Å². The smallest absolute Gasteiger partial charge is 0.243 e. The molecule has 2 saturated carbocycles. The zero-order valence-corrected chi connectivity index (χ0v) is 17.9. The van der Waals surface area contributed by atoms with Crippen molar-refractivity contribution >= 4 is 10.0 Å². The van der Waals surface area contributed by atoms with Gasteiger partial charge >= 0.3 is 0 Å². The molecule has 0 spiro atoms. The Kier molecular flexibility index (Phi) is 5.10. The average molecular weight is 403 g/mol. The fraction of sp³-hybridized carbons (Fsp3) is 0.571. The van der Waals surface area contributed by atoms with Gasteiger partial charge in [-0.3, -0.25) is 0 Å². The van der Waals surface area contributed by atoms with Crippen LogP contribution in [0.25, 0.3) is 5.69 Å². The van der Waals surface area contributed by atoms with Gasteiger partial charge < -0.3 is 4.90 Å². The molecule has 4 rings (SSSR count). The zero-order valence-electron chi connectivity index (χ0n) is 17.1. The largest absolute Gasteiger partial charge is 0.306 e. The summed E-state index contributed by atoms with van der Waals surface area (Å²) < 4.78 is 30.2. The molecule has 2 aliphatic carbocycles. The Hall–Kier alpha value is -1.70. The first-order chi connectivity index (χ1) is 13.3. The van der Waals surface area contributed by atoms with Crippen molar-refractivity contribution in [3.63, 3.8) is 0 Å². The SMILES string of the molecule is Cc1ccc(-n2cccn2)cc1S(=O)(=O)N(C)C1C[C@H]2CC(N(C)C)C[C@H]2C1. The molecular weight excluding hydrogens is 372 g/mol. The number of hydrogen-bond donors (Lipinski definition) is 0. The summed E-state index contributed by atoms with van der Waals surface area (Å²) in [7, 11) is 2.50. The first-order valence-corrected chi connectivity index (χ1v) is 11.5. The van der Waals surface area contributed by atoms with Gasteiger partial charge in [0.25, 0.3) is 0 Å². The molecular formula is C21H30N4O2S. The molecule has 2 aromatic rings. The summed E-state index contributed by atoms with van der Waals surface area (Å²) in [6.07, 6.45) is 7.85. The van der Waals surface area contributed by atoms with Crippen LogP contribution in [0.2, 0.25) is 0 Å². The van der Waals surface area contributed by atoms with E-state index >= 15 is 0 Å². The first-order valence-electron chi connectivity index (χ1n) is 10.0. The Bertz CT molecular complexity index is 925. The second-order valence-electron chi connectivity index (χ2n) is 8.66. The lowest BCUT2D eigenvalue weighted by Crippen LogP contribution is -2.37. The minimum absolute atomic E-state index is 0.0934. The van der Waals surface area contributed by atoms with Crippen LogP contribution in [0, 0.1) is 18.8 Å². The van der Waals surface area contributed by atoms with E-state index in [2.05, 4.69) is 24.1 Å². The Morgan fingerprint density at radius 3 is 2.25 bits per heavy atom. The molecule has 6 nitrogen and oxygen atoms in total. The van der Waals surface area contributed by atoms with Crippen molar-refractivity contribution in [2.45, 2.75) is 49.6 Å². The Balaban J connectivity index is 1.55. The molecule has 1 heterocycles. The molecule has 0 bridgehead atoms. The van der Waals surface area contributed by atoms with E-state index in [0.717, 1.165) is 24.1 Å². The molecule has 2 fully saturated rings. The Morgan fingerprint density at radius 2 is 1.68 bits per heavy atom. The molecule has 4 atom stereocenters. The molecule has 1 aromatic carbocycles. The van der Waals surface area contributed by atoms with Gasteiger partial charge in [0, 0.05) is 31.5 Å². The summed E-state index contributed by atoms with van der Waals surface area (Å²) in [4.78, 5) is 2.70. The maximum absolute atomic E-state index is 13.4. The van der Waals surface area contributed by atoms with Gasteiger partial charge in [0.2, 0.25) is 10.0 Å². The van der Waals surface area contributed by atoms with E-state index in [0.29, 0.717) is 22.8 Å². The van der Waals surface area contributed by atoms with Crippen LogP contribution in [0.4, 0.5) is 0 Å². The molecule has 7 heteroatoms. The summed E-state index contributed by atoms with van der Waals surface area (Å²) in [5, 5.41) is 4.23. The van der Waals surface area contributed by atoms with Gasteiger partial charge in [-0.25, -0.2) is 13.1 Å². The maximum Gasteiger partial charge on any atom is 0.243 e. The van der Waals surface area contributed by atoms with Crippen molar-refractivity contribution in [3.8, 4) is 5.69 Å². The van der Waals surface area contributed by atoms with Gasteiger partial charge in [0.05, 0.1) is 10.6 Å². The third-order valence-electron chi connectivity index (χ3n) is 6.81. The van der Waals surface area contributed by atoms with Crippen molar-refractivity contribution in [3.05, 3.63) is 42.2 Å². The molecule has 0 N–H and O–H groups in total. The van der Waals surface area contributed by atoms with Gasteiger partial charge in [-0.05, 0) is 82.3 Å². The quantitative estimate of drug-likeness (QED) is 0.772. The lowest BCUT2D eigenvalue weighted by molar-refractivity contribution is 0.268. The highest BCUT2D eigenvalue weighted by molar-refractivity contribution is 7.89. The van der Waals surface area contributed by atoms with Crippen molar-refractivity contribution in [2.75, 3.05) is 21.1 Å². The Morgan fingerprint density at radius 1 is 1.04 bits per heavy atom. The third-order valence-corrected chi connectivity index (χ3v) is 8.86. The molecule has 2 unspecified atom stereocenters. The second-order valence-corrected chi connectivity index (χ2v) is 10.6. The van der Waals surface area contributed by atoms with Crippen molar-refractivity contribution in [1.82, 2.24) is 19.0 Å². The van der Waals surface area contributed by atoms with Crippen molar-refractivity contribution in [1.29, 1.82) is 0 Å². The van der Waals surface area contributed by atoms with E-state index < -0.39 is 10.0 Å². The molecule has 0 saturated heterocycles. The van der Waals surface area contributed by atoms with E-state index in [9.17, 15) is 8.42 Å². The summed E-state index contributed by atoms with van der Waals surface area (Å²) in [5.41, 5.74) is 1.54. The van der Waals surface area contributed by atoms with Gasteiger partial charge in [-0.2, -0.15) is 9.40 Å². The highest BCUT2D eigenvalue weighted by Crippen LogP contribution is 2.47. The second kappa shape index (κ2) is 7.28. The molecule has 1 aromatic heterocycles. The molecule has 2 aliphatic rings. The van der Waals surface area contributed by atoms with E-state index in [4.69, 9.17) is 0 Å². The lowest BCUT2D eigenvalue weighted by atomic mass is 10.0. The summed E-state index contributed by atoms with van der Waals surface area (Å²) in [6.45, 7) is 1.86. The lowest BCUT2D eigenvalue weighted by Gasteiger charge is -2.27. The molecule has 0 amide bonds. The van der Waals surface area contributed by atoms with Gasteiger partial charge in [0.1, 0.15) is 0 Å². The number of fused-ring (bicyclic) bond motifs is 1. The number of sulfonamides is 1. The molecule has 0 aliphatic heterocycles. The summed E-state index contributed by atoms with van der Waals surface area (Å²) >= 11 is 0. The number of hydrogen-bond acceptors (Lipinski definition) is 4. The van der Waals surface area contributed by atoms with E-state index in [1.165, 1.54) is 12.8 Å². The van der Waals surface area contributed by atoms with Gasteiger partial charge in [-0.15, -0.1) is 0 Å². The van der Waals surface area contributed by atoms with Crippen molar-refractivity contribution < 1.29 is 8.42 Å². The standard InChI is InChI=1S/C21H30N4O2S/c1-15-6-7-18(25-9-5-8-22-25)14-21(15)28(26,27)24(4)20-12-16-10-19(23(2)3)11-17(16)13-20/h5-9,14,16-17,19-20H,10-13H2,1-4H3/t16-,17+,19?,20?. The molecule has 0 radical (unpaired) electrons. The van der Waals surface area contributed by atoms with Crippen LogP contribution in [-0.2, 0) is 10.0 Å². The molecule has 152 valence electrons. The first kappa shape index (κ1) is 19.6. The van der Waals surface area contributed by atoms with Crippen LogP contribution in [-0.4, -0.2) is 60.6 Å². The minimum Gasteiger partial charge on any atom is -0.306 e. The predicted molar refractivity (Wildman–Crippen MR) is 110 cm³/mol. The topological polar surface area (TPSA) is 58.4 Å². The van der Waals surface area contributed by atoms with Crippen LogP contribution in [0.3, 0.4) is 0 Å².